The van der Waals surface area contributed by atoms with Crippen molar-refractivity contribution in [3.05, 3.63) is 71.3 Å². The Morgan fingerprint density at radius 3 is 2.26 bits per heavy atom. The number of aromatic carboxylic acids is 1. The Bertz CT molecular complexity index is 720. The van der Waals surface area contributed by atoms with Crippen LogP contribution in [0.1, 0.15) is 40.7 Å². The van der Waals surface area contributed by atoms with E-state index in [9.17, 15) is 14.7 Å². The minimum absolute atomic E-state index is 0.0804. The van der Waals surface area contributed by atoms with E-state index in [2.05, 4.69) is 5.32 Å². The molecule has 0 heterocycles. The van der Waals surface area contributed by atoms with Gasteiger partial charge >= 0.3 is 5.97 Å². The van der Waals surface area contributed by atoms with Crippen molar-refractivity contribution in [1.82, 2.24) is 5.32 Å². The second-order valence-electron chi connectivity index (χ2n) is 5.99. The van der Waals surface area contributed by atoms with E-state index in [4.69, 9.17) is 0 Å². The highest BCUT2D eigenvalue weighted by Crippen LogP contribution is 2.41. The van der Waals surface area contributed by atoms with Crippen LogP contribution in [0.15, 0.2) is 54.6 Å². The Balaban J connectivity index is 1.76. The van der Waals surface area contributed by atoms with E-state index >= 15 is 0 Å². The Kier molecular flexibility index (Phi) is 4.15. The van der Waals surface area contributed by atoms with Crippen LogP contribution in [0.5, 0.6) is 0 Å². The molecule has 1 aliphatic rings. The quantitative estimate of drug-likeness (QED) is 0.892. The molecule has 3 rings (SSSR count). The number of carbonyl (C=O) groups is 2. The molecule has 2 aromatic carbocycles. The molecule has 0 atom stereocenters. The van der Waals surface area contributed by atoms with Gasteiger partial charge < -0.3 is 10.4 Å². The van der Waals surface area contributed by atoms with E-state index in [0.717, 1.165) is 24.8 Å². The summed E-state index contributed by atoms with van der Waals surface area (Å²) in [5, 5.41) is 12.3. The van der Waals surface area contributed by atoms with Gasteiger partial charge in [-0.2, -0.15) is 0 Å². The zero-order valence-electron chi connectivity index (χ0n) is 12.8. The fraction of sp³-hybridized carbons (Fsp3) is 0.263. The van der Waals surface area contributed by atoms with Gasteiger partial charge in [0.2, 0.25) is 5.91 Å². The van der Waals surface area contributed by atoms with Gasteiger partial charge in [-0.1, -0.05) is 48.5 Å². The summed E-state index contributed by atoms with van der Waals surface area (Å²) in [6.45, 7) is 0. The van der Waals surface area contributed by atoms with Gasteiger partial charge in [-0.05, 0) is 36.5 Å². The molecule has 2 aromatic rings. The molecule has 23 heavy (non-hydrogen) atoms. The number of carboxylic acid groups (broad SMARTS) is 1. The molecule has 4 nitrogen and oxygen atoms in total. The van der Waals surface area contributed by atoms with E-state index in [1.165, 1.54) is 6.07 Å². The summed E-state index contributed by atoms with van der Waals surface area (Å²) in [7, 11) is 0. The van der Waals surface area contributed by atoms with Gasteiger partial charge in [-0.25, -0.2) is 4.79 Å². The maximum atomic E-state index is 12.5. The standard InChI is InChI=1S/C19H19NO3/c21-17(13-14-7-4-5-10-16(14)18(22)23)20-19(11-6-12-19)15-8-2-1-3-9-15/h1-5,7-10H,6,11-13H2,(H,20,21)(H,22,23). The van der Waals surface area contributed by atoms with Crippen molar-refractivity contribution in [1.29, 1.82) is 0 Å². The lowest BCUT2D eigenvalue weighted by Crippen LogP contribution is -2.51. The molecule has 0 unspecified atom stereocenters. The average Bonchev–Trinajstić information content (AvgIpc) is 2.52. The summed E-state index contributed by atoms with van der Waals surface area (Å²) < 4.78 is 0. The predicted molar refractivity (Wildman–Crippen MR) is 87.2 cm³/mol. The number of hydrogen-bond donors (Lipinski definition) is 2. The summed E-state index contributed by atoms with van der Waals surface area (Å²) >= 11 is 0. The molecule has 0 aliphatic heterocycles. The van der Waals surface area contributed by atoms with Crippen molar-refractivity contribution < 1.29 is 14.7 Å². The second-order valence-corrected chi connectivity index (χ2v) is 5.99. The third-order valence-electron chi connectivity index (χ3n) is 4.51. The first kappa shape index (κ1) is 15.3. The molecule has 2 N–H and O–H groups in total. The molecule has 0 radical (unpaired) electrons. The molecule has 1 saturated carbocycles. The minimum Gasteiger partial charge on any atom is -0.478 e. The van der Waals surface area contributed by atoms with Gasteiger partial charge in [-0.3, -0.25) is 4.79 Å². The van der Waals surface area contributed by atoms with Crippen molar-refractivity contribution >= 4 is 11.9 Å². The van der Waals surface area contributed by atoms with E-state index in [1.54, 1.807) is 18.2 Å². The van der Waals surface area contributed by atoms with Crippen LogP contribution in [-0.4, -0.2) is 17.0 Å². The number of nitrogens with one attached hydrogen (secondary N) is 1. The van der Waals surface area contributed by atoms with Crippen LogP contribution in [0.25, 0.3) is 0 Å². The van der Waals surface area contributed by atoms with E-state index in [-0.39, 0.29) is 23.4 Å². The highest BCUT2D eigenvalue weighted by molar-refractivity contribution is 5.91. The smallest absolute Gasteiger partial charge is 0.335 e. The monoisotopic (exact) mass is 309 g/mol. The maximum absolute atomic E-state index is 12.5. The van der Waals surface area contributed by atoms with Crippen molar-refractivity contribution in [3.63, 3.8) is 0 Å². The molecule has 0 bridgehead atoms. The van der Waals surface area contributed by atoms with Crippen molar-refractivity contribution in [2.45, 2.75) is 31.2 Å². The first-order chi connectivity index (χ1) is 11.1. The minimum atomic E-state index is -1.00. The number of amides is 1. The van der Waals surface area contributed by atoms with Gasteiger partial charge in [0.1, 0.15) is 0 Å². The van der Waals surface area contributed by atoms with E-state index in [1.807, 2.05) is 30.3 Å². The van der Waals surface area contributed by atoms with Gasteiger partial charge in [0, 0.05) is 0 Å². The zero-order valence-corrected chi connectivity index (χ0v) is 12.8. The second kappa shape index (κ2) is 6.24. The number of rotatable bonds is 5. The third kappa shape index (κ3) is 3.11. The Morgan fingerprint density at radius 2 is 1.65 bits per heavy atom. The number of carboxylic acids is 1. The molecule has 1 fully saturated rings. The van der Waals surface area contributed by atoms with Crippen molar-refractivity contribution in [2.75, 3.05) is 0 Å². The van der Waals surface area contributed by atoms with Crippen LogP contribution in [0.4, 0.5) is 0 Å². The van der Waals surface area contributed by atoms with Crippen LogP contribution in [0.3, 0.4) is 0 Å². The first-order valence-electron chi connectivity index (χ1n) is 7.78. The summed E-state index contributed by atoms with van der Waals surface area (Å²) in [4.78, 5) is 23.7. The summed E-state index contributed by atoms with van der Waals surface area (Å²) in [5.74, 6) is -1.14. The normalized spacial score (nSPS) is 15.5. The lowest BCUT2D eigenvalue weighted by Gasteiger charge is -2.43. The van der Waals surface area contributed by atoms with Crippen LogP contribution in [0.2, 0.25) is 0 Å². The van der Waals surface area contributed by atoms with Crippen LogP contribution in [-0.2, 0) is 16.8 Å². The number of hydrogen-bond acceptors (Lipinski definition) is 2. The molecule has 0 saturated heterocycles. The van der Waals surface area contributed by atoms with Gasteiger partial charge in [-0.15, -0.1) is 0 Å². The fourth-order valence-corrected chi connectivity index (χ4v) is 3.14. The van der Waals surface area contributed by atoms with Crippen LogP contribution < -0.4 is 5.32 Å². The summed E-state index contributed by atoms with van der Waals surface area (Å²) in [5.41, 5.74) is 1.55. The molecular weight excluding hydrogens is 290 g/mol. The van der Waals surface area contributed by atoms with E-state index in [0.29, 0.717) is 5.56 Å². The number of benzene rings is 2. The van der Waals surface area contributed by atoms with Crippen molar-refractivity contribution in [2.24, 2.45) is 0 Å². The zero-order chi connectivity index (χ0) is 16.3. The van der Waals surface area contributed by atoms with Gasteiger partial charge in [0.05, 0.1) is 17.5 Å². The molecular formula is C19H19NO3. The van der Waals surface area contributed by atoms with Gasteiger partial charge in [0.25, 0.3) is 0 Å². The van der Waals surface area contributed by atoms with Crippen LogP contribution in [0, 0.1) is 0 Å². The van der Waals surface area contributed by atoms with E-state index < -0.39 is 5.97 Å². The Hall–Kier alpha value is -2.62. The summed E-state index contributed by atoms with van der Waals surface area (Å²) in [6, 6.07) is 16.6. The topological polar surface area (TPSA) is 66.4 Å². The Morgan fingerprint density at radius 1 is 1.00 bits per heavy atom. The maximum Gasteiger partial charge on any atom is 0.335 e. The average molecular weight is 309 g/mol. The summed E-state index contributed by atoms with van der Waals surface area (Å²) in [6.07, 6.45) is 3.00. The van der Waals surface area contributed by atoms with Crippen molar-refractivity contribution in [3.8, 4) is 0 Å². The largest absolute Gasteiger partial charge is 0.478 e. The highest BCUT2D eigenvalue weighted by atomic mass is 16.4. The fourth-order valence-electron chi connectivity index (χ4n) is 3.14. The lowest BCUT2D eigenvalue weighted by atomic mass is 9.71. The predicted octanol–water partition coefficient (Wildman–Crippen LogP) is 3.12. The molecule has 118 valence electrons. The lowest BCUT2D eigenvalue weighted by molar-refractivity contribution is -0.123. The molecule has 1 aliphatic carbocycles. The molecule has 0 spiro atoms. The Labute approximate surface area is 135 Å². The van der Waals surface area contributed by atoms with Crippen LogP contribution >= 0.6 is 0 Å². The number of carbonyl (C=O) groups excluding carboxylic acids is 1. The SMILES string of the molecule is O=C(Cc1ccccc1C(=O)O)NC1(c2ccccc2)CCC1. The third-order valence-corrected chi connectivity index (χ3v) is 4.51. The molecule has 4 heteroatoms. The molecule has 1 amide bonds. The highest BCUT2D eigenvalue weighted by Gasteiger charge is 2.39. The first-order valence-corrected chi connectivity index (χ1v) is 7.78. The molecule has 0 aromatic heterocycles. The van der Waals surface area contributed by atoms with Gasteiger partial charge in [0.15, 0.2) is 0 Å².